The van der Waals surface area contributed by atoms with Crippen LogP contribution in [0.5, 0.6) is 5.75 Å². The Morgan fingerprint density at radius 2 is 2.26 bits per heavy atom. The third-order valence-electron chi connectivity index (χ3n) is 3.29. The van der Waals surface area contributed by atoms with E-state index in [0.717, 1.165) is 19.4 Å². The molecule has 1 saturated carbocycles. The molecular weight excluding hydrogens is 330 g/mol. The van der Waals surface area contributed by atoms with Gasteiger partial charge in [0.2, 0.25) is 0 Å². The minimum Gasteiger partial charge on any atom is -0.484 e. The van der Waals surface area contributed by atoms with Crippen molar-refractivity contribution in [2.75, 3.05) is 20.2 Å². The van der Waals surface area contributed by atoms with E-state index in [1.807, 2.05) is 7.05 Å². The van der Waals surface area contributed by atoms with Crippen molar-refractivity contribution in [2.45, 2.75) is 17.7 Å². The Hall–Kier alpha value is -0.740. The number of rotatable bonds is 5. The summed E-state index contributed by atoms with van der Waals surface area (Å²) in [6, 6.07) is 7.07. The normalized spacial score (nSPS) is 21.6. The predicted octanol–water partition coefficient (Wildman–Crippen LogP) is 3.35. The Morgan fingerprint density at radius 1 is 1.53 bits per heavy atom. The van der Waals surface area contributed by atoms with Crippen molar-refractivity contribution in [3.8, 4) is 5.75 Å². The third-order valence-corrected chi connectivity index (χ3v) is 4.28. The van der Waals surface area contributed by atoms with Crippen LogP contribution in [0.1, 0.15) is 12.8 Å². The Kier molecular flexibility index (Phi) is 5.11. The second-order valence-electron chi connectivity index (χ2n) is 4.96. The van der Waals surface area contributed by atoms with E-state index in [1.165, 1.54) is 0 Å². The van der Waals surface area contributed by atoms with Gasteiger partial charge >= 0.3 is 0 Å². The summed E-state index contributed by atoms with van der Waals surface area (Å²) in [5, 5.41) is 0.608. The van der Waals surface area contributed by atoms with Gasteiger partial charge in [-0.25, -0.2) is 0 Å². The lowest BCUT2D eigenvalue weighted by molar-refractivity contribution is -0.132. The smallest absolute Gasteiger partial charge is 0.260 e. The molecule has 2 rings (SSSR count). The Labute approximate surface area is 127 Å². The molecule has 1 aliphatic rings. The van der Waals surface area contributed by atoms with E-state index >= 15 is 0 Å². The Balaban J connectivity index is 1.74. The van der Waals surface area contributed by atoms with Crippen molar-refractivity contribution in [2.24, 2.45) is 5.92 Å². The summed E-state index contributed by atoms with van der Waals surface area (Å²) >= 11 is 9.41. The highest BCUT2D eigenvalue weighted by Gasteiger charge is 2.28. The minimum absolute atomic E-state index is 0.00185. The molecule has 0 bridgehead atoms. The van der Waals surface area contributed by atoms with Crippen LogP contribution in [0.2, 0.25) is 5.02 Å². The molecule has 5 heteroatoms. The number of alkyl halides is 1. The maximum absolute atomic E-state index is 11.9. The topological polar surface area (TPSA) is 29.5 Å². The monoisotopic (exact) mass is 345 g/mol. The molecule has 104 valence electrons. The highest BCUT2D eigenvalue weighted by atomic mass is 79.9. The lowest BCUT2D eigenvalue weighted by Crippen LogP contribution is -2.39. The van der Waals surface area contributed by atoms with Crippen LogP contribution < -0.4 is 4.74 Å². The van der Waals surface area contributed by atoms with E-state index in [4.69, 9.17) is 16.3 Å². The Bertz CT molecular complexity index is 449. The van der Waals surface area contributed by atoms with Gasteiger partial charge in [0.05, 0.1) is 0 Å². The number of carbonyl (C=O) groups excluding carboxylic acids is 1. The standard InChI is InChI=1S/C14H17BrClNO2/c1-17(8-10-5-11(15)6-10)14(18)9-19-13-4-2-3-12(16)7-13/h2-4,7,10-11H,5-6,8-9H2,1H3. The van der Waals surface area contributed by atoms with E-state index in [2.05, 4.69) is 15.9 Å². The number of ether oxygens (including phenoxy) is 1. The molecule has 1 amide bonds. The number of hydrogen-bond donors (Lipinski definition) is 0. The molecule has 1 fully saturated rings. The van der Waals surface area contributed by atoms with Crippen molar-refractivity contribution < 1.29 is 9.53 Å². The van der Waals surface area contributed by atoms with Gasteiger partial charge in [0, 0.05) is 23.4 Å². The highest BCUT2D eigenvalue weighted by Crippen LogP contribution is 2.33. The van der Waals surface area contributed by atoms with E-state index < -0.39 is 0 Å². The summed E-state index contributed by atoms with van der Waals surface area (Å²) in [5.74, 6) is 1.24. The fourth-order valence-electron chi connectivity index (χ4n) is 2.10. The lowest BCUT2D eigenvalue weighted by atomic mass is 9.85. The number of amides is 1. The molecule has 0 atom stereocenters. The van der Waals surface area contributed by atoms with Crippen LogP contribution in [-0.4, -0.2) is 35.8 Å². The molecule has 0 aliphatic heterocycles. The van der Waals surface area contributed by atoms with Crippen molar-refractivity contribution in [3.05, 3.63) is 29.3 Å². The second-order valence-corrected chi connectivity index (χ2v) is 6.69. The van der Waals surface area contributed by atoms with Gasteiger partial charge in [0.1, 0.15) is 5.75 Å². The van der Waals surface area contributed by atoms with Gasteiger partial charge in [0.25, 0.3) is 5.91 Å². The number of likely N-dealkylation sites (N-methyl/N-ethyl adjacent to an activating group) is 1. The SMILES string of the molecule is CN(CC1CC(Br)C1)C(=O)COc1cccc(Cl)c1. The molecule has 3 nitrogen and oxygen atoms in total. The van der Waals surface area contributed by atoms with Crippen LogP contribution in [0.4, 0.5) is 0 Å². The number of carbonyl (C=O) groups is 1. The fraction of sp³-hybridized carbons (Fsp3) is 0.500. The maximum Gasteiger partial charge on any atom is 0.260 e. The van der Waals surface area contributed by atoms with Crippen molar-refractivity contribution in [1.82, 2.24) is 4.90 Å². The van der Waals surface area contributed by atoms with E-state index in [0.29, 0.717) is 21.5 Å². The lowest BCUT2D eigenvalue weighted by Gasteiger charge is -2.34. The number of benzene rings is 1. The Morgan fingerprint density at radius 3 is 2.89 bits per heavy atom. The fourth-order valence-corrected chi connectivity index (χ4v) is 3.34. The molecule has 0 heterocycles. The quantitative estimate of drug-likeness (QED) is 0.765. The van der Waals surface area contributed by atoms with E-state index in [-0.39, 0.29) is 12.5 Å². The van der Waals surface area contributed by atoms with Gasteiger partial charge in [0.15, 0.2) is 6.61 Å². The summed E-state index contributed by atoms with van der Waals surface area (Å²) in [6.45, 7) is 0.862. The van der Waals surface area contributed by atoms with Crippen molar-refractivity contribution in [3.63, 3.8) is 0 Å². The van der Waals surface area contributed by atoms with Crippen LogP contribution in [0, 0.1) is 5.92 Å². The number of nitrogens with zero attached hydrogens (tertiary/aromatic N) is 1. The molecule has 0 saturated heterocycles. The first-order valence-electron chi connectivity index (χ1n) is 6.31. The van der Waals surface area contributed by atoms with Crippen LogP contribution in [0.15, 0.2) is 24.3 Å². The maximum atomic E-state index is 11.9. The summed E-state index contributed by atoms with van der Waals surface area (Å²) in [6.07, 6.45) is 2.29. The largest absolute Gasteiger partial charge is 0.484 e. The first-order valence-corrected chi connectivity index (χ1v) is 7.60. The summed E-state index contributed by atoms with van der Waals surface area (Å²) in [4.78, 5) is 14.3. The molecule has 1 aliphatic carbocycles. The first kappa shape index (κ1) is 14.7. The summed E-state index contributed by atoms with van der Waals surface area (Å²) in [5.41, 5.74) is 0. The zero-order valence-corrected chi connectivity index (χ0v) is 13.2. The minimum atomic E-state index is -0.00185. The molecule has 19 heavy (non-hydrogen) atoms. The average Bonchev–Trinajstić information content (AvgIpc) is 2.34. The predicted molar refractivity (Wildman–Crippen MR) is 80.0 cm³/mol. The van der Waals surface area contributed by atoms with Crippen molar-refractivity contribution in [1.29, 1.82) is 0 Å². The molecule has 1 aromatic carbocycles. The average molecular weight is 347 g/mol. The highest BCUT2D eigenvalue weighted by molar-refractivity contribution is 9.09. The molecule has 0 aromatic heterocycles. The molecule has 0 radical (unpaired) electrons. The number of halogens is 2. The first-order chi connectivity index (χ1) is 9.04. The van der Waals surface area contributed by atoms with Gasteiger partial charge in [-0.15, -0.1) is 0 Å². The third kappa shape index (κ3) is 4.39. The zero-order chi connectivity index (χ0) is 13.8. The zero-order valence-electron chi connectivity index (χ0n) is 10.8. The molecule has 0 spiro atoms. The van der Waals surface area contributed by atoms with Gasteiger partial charge in [-0.05, 0) is 37.0 Å². The van der Waals surface area contributed by atoms with Gasteiger partial charge < -0.3 is 9.64 Å². The second kappa shape index (κ2) is 6.62. The van der Waals surface area contributed by atoms with Crippen LogP contribution in [0.3, 0.4) is 0 Å². The van der Waals surface area contributed by atoms with Crippen LogP contribution in [-0.2, 0) is 4.79 Å². The number of hydrogen-bond acceptors (Lipinski definition) is 2. The molecule has 1 aromatic rings. The summed E-state index contributed by atoms with van der Waals surface area (Å²) < 4.78 is 5.44. The van der Waals surface area contributed by atoms with Crippen LogP contribution >= 0.6 is 27.5 Å². The van der Waals surface area contributed by atoms with E-state index in [1.54, 1.807) is 29.2 Å². The summed E-state index contributed by atoms with van der Waals surface area (Å²) in [7, 11) is 1.82. The van der Waals surface area contributed by atoms with Gasteiger partial charge in [-0.2, -0.15) is 0 Å². The molecular formula is C14H17BrClNO2. The van der Waals surface area contributed by atoms with Gasteiger partial charge in [-0.1, -0.05) is 33.6 Å². The van der Waals surface area contributed by atoms with Crippen LogP contribution in [0.25, 0.3) is 0 Å². The van der Waals surface area contributed by atoms with Crippen molar-refractivity contribution >= 4 is 33.4 Å². The molecule has 0 unspecified atom stereocenters. The molecule has 0 N–H and O–H groups in total. The van der Waals surface area contributed by atoms with E-state index in [9.17, 15) is 4.79 Å². The van der Waals surface area contributed by atoms with Gasteiger partial charge in [-0.3, -0.25) is 4.79 Å².